The van der Waals surface area contributed by atoms with E-state index in [0.717, 1.165) is 39.0 Å². The van der Waals surface area contributed by atoms with Gasteiger partial charge in [0, 0.05) is 12.2 Å². The molecule has 0 aliphatic heterocycles. The number of nitrogens with zero attached hydrogens (tertiary/aromatic N) is 1. The first kappa shape index (κ1) is 34.6. The lowest BCUT2D eigenvalue weighted by Gasteiger charge is -2.32. The van der Waals surface area contributed by atoms with Crippen LogP contribution in [0.5, 0.6) is 23.0 Å². The van der Waals surface area contributed by atoms with Gasteiger partial charge in [0.2, 0.25) is 5.91 Å². The van der Waals surface area contributed by atoms with Crippen LogP contribution in [0.25, 0.3) is 10.8 Å². The van der Waals surface area contributed by atoms with Gasteiger partial charge in [-0.1, -0.05) is 72.8 Å². The van der Waals surface area contributed by atoms with Crippen LogP contribution in [-0.2, 0) is 29.2 Å². The summed E-state index contributed by atoms with van der Waals surface area (Å²) in [5.41, 5.74) is 4.01. The molecule has 0 aliphatic rings. The Morgan fingerprint density at radius 3 is 1.73 bits per heavy atom. The Labute approximate surface area is 298 Å². The molecule has 0 spiro atoms. The van der Waals surface area contributed by atoms with E-state index in [1.165, 1.54) is 0 Å². The van der Waals surface area contributed by atoms with Crippen molar-refractivity contribution in [1.82, 2.24) is 4.90 Å². The molecule has 8 heteroatoms. The third-order valence-electron chi connectivity index (χ3n) is 8.66. The zero-order valence-corrected chi connectivity index (χ0v) is 28.9. The molecule has 0 aliphatic carbocycles. The fourth-order valence-electron chi connectivity index (χ4n) is 5.87. The summed E-state index contributed by atoms with van der Waals surface area (Å²) in [7, 11) is 4.86. The number of hydrogen-bond donors (Lipinski definition) is 1. The molecule has 51 heavy (non-hydrogen) atoms. The lowest BCUT2D eigenvalue weighted by atomic mass is 9.98. The van der Waals surface area contributed by atoms with E-state index in [1.54, 1.807) is 26.2 Å². The number of rotatable bonds is 14. The van der Waals surface area contributed by atoms with Gasteiger partial charge in [-0.3, -0.25) is 9.59 Å². The second-order valence-electron chi connectivity index (χ2n) is 12.1. The summed E-state index contributed by atoms with van der Waals surface area (Å²) >= 11 is 0. The van der Waals surface area contributed by atoms with Gasteiger partial charge in [-0.25, -0.2) is 0 Å². The van der Waals surface area contributed by atoms with Gasteiger partial charge < -0.3 is 29.2 Å². The summed E-state index contributed by atoms with van der Waals surface area (Å²) in [5, 5.41) is 4.91. The highest BCUT2D eigenvalue weighted by molar-refractivity contribution is 5.99. The van der Waals surface area contributed by atoms with E-state index < -0.39 is 6.04 Å². The normalized spacial score (nSPS) is 11.4. The van der Waals surface area contributed by atoms with Crippen molar-refractivity contribution in [2.75, 3.05) is 26.6 Å². The number of benzene rings is 6. The van der Waals surface area contributed by atoms with Crippen molar-refractivity contribution in [3.05, 3.63) is 162 Å². The smallest absolute Gasteiger partial charge is 0.251 e. The van der Waals surface area contributed by atoms with Crippen molar-refractivity contribution < 1.29 is 28.5 Å². The van der Waals surface area contributed by atoms with E-state index in [1.807, 2.05) is 140 Å². The summed E-state index contributed by atoms with van der Waals surface area (Å²) in [6, 6.07) is 42.7. The Balaban J connectivity index is 1.34. The van der Waals surface area contributed by atoms with Crippen molar-refractivity contribution in [3.8, 4) is 23.0 Å². The molecule has 0 saturated heterocycles. The van der Waals surface area contributed by atoms with Gasteiger partial charge in [0.25, 0.3) is 5.91 Å². The Bertz CT molecular complexity index is 2060. The number of fused-ring (bicyclic) bond motifs is 1. The van der Waals surface area contributed by atoms with E-state index in [0.29, 0.717) is 29.4 Å². The molecule has 2 amide bonds. The van der Waals surface area contributed by atoms with Crippen LogP contribution in [0.3, 0.4) is 0 Å². The molecule has 8 nitrogen and oxygen atoms in total. The fourth-order valence-corrected chi connectivity index (χ4v) is 5.87. The average Bonchev–Trinajstić information content (AvgIpc) is 3.18. The highest BCUT2D eigenvalue weighted by atomic mass is 16.5. The standard InChI is InChI=1S/C43H40N2O6/c1-48-37-18-9-30(10-19-37)25-41(46)45(28-31-11-20-38(49-2)21-12-31)42(43(47)44-36-7-5-4-6-8-36)35-16-15-34-27-40(24-17-33(34)26-35)51-29-32-13-22-39(50-3)23-14-32/h4-24,26-27,42H,25,28-29H2,1-3H3,(H,44,47). The van der Waals surface area contributed by atoms with Crippen molar-refractivity contribution in [3.63, 3.8) is 0 Å². The van der Waals surface area contributed by atoms with Crippen LogP contribution in [0.2, 0.25) is 0 Å². The van der Waals surface area contributed by atoms with Gasteiger partial charge in [0.15, 0.2) is 0 Å². The average molecular weight is 681 g/mol. The second-order valence-corrected chi connectivity index (χ2v) is 12.1. The van der Waals surface area contributed by atoms with Crippen molar-refractivity contribution in [2.45, 2.75) is 25.6 Å². The van der Waals surface area contributed by atoms with Crippen LogP contribution in [-0.4, -0.2) is 38.0 Å². The zero-order chi connectivity index (χ0) is 35.6. The Kier molecular flexibility index (Phi) is 11.1. The molecule has 0 saturated carbocycles. The number of anilines is 1. The largest absolute Gasteiger partial charge is 0.497 e. The molecule has 0 fully saturated rings. The predicted molar refractivity (Wildman–Crippen MR) is 199 cm³/mol. The molecule has 6 aromatic rings. The van der Waals surface area contributed by atoms with Gasteiger partial charge in [0.1, 0.15) is 35.6 Å². The van der Waals surface area contributed by atoms with E-state index in [-0.39, 0.29) is 24.8 Å². The van der Waals surface area contributed by atoms with Crippen LogP contribution < -0.4 is 24.3 Å². The second kappa shape index (κ2) is 16.4. The number of para-hydroxylation sites is 1. The van der Waals surface area contributed by atoms with Crippen LogP contribution in [0.1, 0.15) is 28.3 Å². The summed E-state index contributed by atoms with van der Waals surface area (Å²) in [4.78, 5) is 30.4. The minimum atomic E-state index is -0.951. The number of ether oxygens (including phenoxy) is 4. The molecule has 6 aromatic carbocycles. The van der Waals surface area contributed by atoms with Gasteiger partial charge in [-0.05, 0) is 99.8 Å². The van der Waals surface area contributed by atoms with Crippen LogP contribution in [0, 0.1) is 0 Å². The van der Waals surface area contributed by atoms with Crippen LogP contribution in [0.4, 0.5) is 5.69 Å². The molecule has 258 valence electrons. The topological polar surface area (TPSA) is 86.3 Å². The quantitative estimate of drug-likeness (QED) is 0.124. The number of methoxy groups -OCH3 is 3. The molecule has 1 N–H and O–H groups in total. The molecule has 0 radical (unpaired) electrons. The van der Waals surface area contributed by atoms with E-state index in [9.17, 15) is 9.59 Å². The monoisotopic (exact) mass is 680 g/mol. The fraction of sp³-hybridized carbons (Fsp3) is 0.163. The first-order chi connectivity index (χ1) is 24.9. The lowest BCUT2D eigenvalue weighted by Crippen LogP contribution is -2.41. The maximum absolute atomic E-state index is 14.4. The third-order valence-corrected chi connectivity index (χ3v) is 8.66. The minimum absolute atomic E-state index is 0.0950. The van der Waals surface area contributed by atoms with Gasteiger partial charge in [0.05, 0.1) is 27.8 Å². The summed E-state index contributed by atoms with van der Waals surface area (Å²) in [6.07, 6.45) is 0.0950. The first-order valence-electron chi connectivity index (χ1n) is 16.6. The van der Waals surface area contributed by atoms with E-state index in [2.05, 4.69) is 5.32 Å². The Hall–Kier alpha value is -6.28. The zero-order valence-electron chi connectivity index (χ0n) is 28.9. The molecule has 0 heterocycles. The van der Waals surface area contributed by atoms with Crippen LogP contribution in [0.15, 0.2) is 140 Å². The maximum Gasteiger partial charge on any atom is 0.251 e. The SMILES string of the molecule is COc1ccc(COc2ccc3cc(C(C(=O)Nc4ccccc4)N(Cc4ccc(OC)cc4)C(=O)Cc4ccc(OC)cc4)ccc3c2)cc1. The molecular formula is C43H40N2O6. The molecule has 1 atom stereocenters. The van der Waals surface area contributed by atoms with Crippen LogP contribution >= 0.6 is 0 Å². The molecule has 0 bridgehead atoms. The number of amides is 2. The van der Waals surface area contributed by atoms with Crippen molar-refractivity contribution in [1.29, 1.82) is 0 Å². The lowest BCUT2D eigenvalue weighted by molar-refractivity contribution is -0.139. The van der Waals surface area contributed by atoms with Crippen molar-refractivity contribution >= 4 is 28.3 Å². The van der Waals surface area contributed by atoms with Gasteiger partial charge in [-0.15, -0.1) is 0 Å². The van der Waals surface area contributed by atoms with Crippen molar-refractivity contribution in [2.24, 2.45) is 0 Å². The minimum Gasteiger partial charge on any atom is -0.497 e. The Morgan fingerprint density at radius 2 is 1.12 bits per heavy atom. The molecule has 6 rings (SSSR count). The first-order valence-corrected chi connectivity index (χ1v) is 16.6. The maximum atomic E-state index is 14.4. The molecule has 0 aromatic heterocycles. The molecular weight excluding hydrogens is 640 g/mol. The number of hydrogen-bond acceptors (Lipinski definition) is 6. The number of carbonyl (C=O) groups excluding carboxylic acids is 2. The van der Waals surface area contributed by atoms with E-state index in [4.69, 9.17) is 18.9 Å². The predicted octanol–water partition coefficient (Wildman–Crippen LogP) is 8.40. The highest BCUT2D eigenvalue weighted by Crippen LogP contribution is 2.31. The van der Waals surface area contributed by atoms with E-state index >= 15 is 0 Å². The summed E-state index contributed by atoms with van der Waals surface area (Å²) in [5.74, 6) is 2.39. The molecule has 1 unspecified atom stereocenters. The summed E-state index contributed by atoms with van der Waals surface area (Å²) in [6.45, 7) is 0.605. The third kappa shape index (κ3) is 8.85. The number of nitrogens with one attached hydrogen (secondary N) is 1. The highest BCUT2D eigenvalue weighted by Gasteiger charge is 2.32. The Morgan fingerprint density at radius 1 is 0.588 bits per heavy atom. The number of carbonyl (C=O) groups is 2. The van der Waals surface area contributed by atoms with Gasteiger partial charge >= 0.3 is 0 Å². The van der Waals surface area contributed by atoms with Gasteiger partial charge in [-0.2, -0.15) is 0 Å². The summed E-state index contributed by atoms with van der Waals surface area (Å²) < 4.78 is 22.0.